The molecule has 1 heterocycles. The predicted molar refractivity (Wildman–Crippen MR) is 82.3 cm³/mol. The van der Waals surface area contributed by atoms with Crippen LogP contribution in [0.2, 0.25) is 0 Å². The summed E-state index contributed by atoms with van der Waals surface area (Å²) in [4.78, 5) is 4.60. The second-order valence-corrected chi connectivity index (χ2v) is 4.30. The van der Waals surface area contributed by atoms with Crippen LogP contribution in [-0.2, 0) is 6.42 Å². The lowest BCUT2D eigenvalue weighted by Gasteiger charge is -2.17. The zero-order valence-corrected chi connectivity index (χ0v) is 11.3. The molecule has 3 rings (SSSR count). The van der Waals surface area contributed by atoms with Crippen LogP contribution in [0, 0.1) is 0 Å². The number of benzene rings is 2. The van der Waals surface area contributed by atoms with E-state index in [0.29, 0.717) is 0 Å². The first-order valence-corrected chi connectivity index (χ1v) is 6.14. The maximum Gasteiger partial charge on any atom is 0.121 e. The van der Waals surface area contributed by atoms with Crippen molar-refractivity contribution in [3.63, 3.8) is 0 Å². The third kappa shape index (κ3) is 3.26. The molecule has 0 aliphatic carbocycles. The molecule has 2 aromatic carbocycles. The molecule has 2 aromatic rings. The van der Waals surface area contributed by atoms with Gasteiger partial charge in [0.2, 0.25) is 0 Å². The van der Waals surface area contributed by atoms with Crippen LogP contribution in [0.15, 0.2) is 59.6 Å². The van der Waals surface area contributed by atoms with E-state index >= 15 is 0 Å². The Morgan fingerprint density at radius 2 is 1.53 bits per heavy atom. The lowest BCUT2D eigenvalue weighted by molar-refractivity contribution is 0.940. The molecule has 0 fully saturated rings. The van der Waals surface area contributed by atoms with Gasteiger partial charge in [0, 0.05) is 6.42 Å². The summed E-state index contributed by atoms with van der Waals surface area (Å²) in [5.74, 6) is 0.984. The zero-order valence-electron chi connectivity index (χ0n) is 10.5. The van der Waals surface area contributed by atoms with Gasteiger partial charge in [0.1, 0.15) is 5.84 Å². The molecule has 0 bridgehead atoms. The Morgan fingerprint density at radius 1 is 0.789 bits per heavy atom. The average Bonchev–Trinajstić information content (AvgIpc) is 2.46. The number of halogens is 1. The van der Waals surface area contributed by atoms with E-state index in [9.17, 15) is 0 Å². The van der Waals surface area contributed by atoms with Gasteiger partial charge < -0.3 is 0 Å². The first-order chi connectivity index (χ1) is 8.92. The number of para-hydroxylation sites is 2. The highest BCUT2D eigenvalue weighted by Gasteiger charge is 2.10. The fourth-order valence-electron chi connectivity index (χ4n) is 2.04. The van der Waals surface area contributed by atoms with Crippen LogP contribution < -0.4 is 10.9 Å². The Morgan fingerprint density at radius 3 is 2.37 bits per heavy atom. The molecular formula is C15H16ClN3. The molecule has 19 heavy (non-hydrogen) atoms. The number of nitrogens with zero attached hydrogens (tertiary/aromatic N) is 1. The van der Waals surface area contributed by atoms with Crippen molar-refractivity contribution in [1.29, 1.82) is 0 Å². The van der Waals surface area contributed by atoms with Crippen molar-refractivity contribution in [3.05, 3.63) is 60.2 Å². The normalized spacial score (nSPS) is 12.7. The first-order valence-electron chi connectivity index (χ1n) is 6.14. The van der Waals surface area contributed by atoms with Crippen LogP contribution in [0.25, 0.3) is 0 Å². The molecule has 3 nitrogen and oxygen atoms in total. The fraction of sp³-hybridized carbons (Fsp3) is 0.133. The number of anilines is 1. The molecule has 4 heteroatoms. The maximum absolute atomic E-state index is 4.60. The summed E-state index contributed by atoms with van der Waals surface area (Å²) >= 11 is 0. The van der Waals surface area contributed by atoms with Gasteiger partial charge in [-0.1, -0.05) is 36.4 Å². The van der Waals surface area contributed by atoms with Gasteiger partial charge in [-0.05, 0) is 30.2 Å². The van der Waals surface area contributed by atoms with Crippen LogP contribution in [-0.4, -0.2) is 5.84 Å². The van der Waals surface area contributed by atoms with E-state index in [1.807, 2.05) is 36.4 Å². The van der Waals surface area contributed by atoms with Crippen LogP contribution in [0.1, 0.15) is 12.0 Å². The minimum Gasteiger partial charge on any atom is -0.300 e. The van der Waals surface area contributed by atoms with Crippen molar-refractivity contribution < 1.29 is 0 Å². The van der Waals surface area contributed by atoms with Crippen molar-refractivity contribution in [3.8, 4) is 0 Å². The zero-order chi connectivity index (χ0) is 12.2. The van der Waals surface area contributed by atoms with E-state index in [-0.39, 0.29) is 12.4 Å². The first kappa shape index (κ1) is 13.4. The Labute approximate surface area is 119 Å². The quantitative estimate of drug-likeness (QED) is 0.819. The molecule has 0 saturated carbocycles. The second kappa shape index (κ2) is 6.25. The number of hydrazine groups is 1. The molecule has 0 spiro atoms. The highest BCUT2D eigenvalue weighted by molar-refractivity contribution is 5.88. The predicted octanol–water partition coefficient (Wildman–Crippen LogP) is 3.70. The van der Waals surface area contributed by atoms with E-state index in [2.05, 4.69) is 34.0 Å². The highest BCUT2D eigenvalue weighted by Crippen LogP contribution is 2.24. The number of amidine groups is 1. The van der Waals surface area contributed by atoms with Gasteiger partial charge in [0.25, 0.3) is 0 Å². The molecule has 0 saturated heterocycles. The van der Waals surface area contributed by atoms with E-state index in [1.165, 1.54) is 5.56 Å². The maximum atomic E-state index is 4.60. The minimum atomic E-state index is 0. The van der Waals surface area contributed by atoms with Gasteiger partial charge >= 0.3 is 0 Å². The SMILES string of the molecule is Cl.c1ccc(NNC2=Nc3ccccc3CC2)cc1. The van der Waals surface area contributed by atoms with Crippen molar-refractivity contribution >= 4 is 29.6 Å². The summed E-state index contributed by atoms with van der Waals surface area (Å²) in [5.41, 5.74) is 9.78. The molecule has 0 unspecified atom stereocenters. The number of nitrogens with one attached hydrogen (secondary N) is 2. The summed E-state index contributed by atoms with van der Waals surface area (Å²) < 4.78 is 0. The van der Waals surface area contributed by atoms with Crippen LogP contribution in [0.5, 0.6) is 0 Å². The van der Waals surface area contributed by atoms with E-state index in [1.54, 1.807) is 0 Å². The standard InChI is InChI=1S/C15H15N3.ClH/c1-2-7-13(8-3-1)17-18-15-11-10-12-6-4-5-9-14(12)16-15;/h1-9,17H,10-11H2,(H,16,18);1H. The Balaban J connectivity index is 0.00000133. The molecule has 1 aliphatic heterocycles. The molecule has 0 amide bonds. The van der Waals surface area contributed by atoms with Gasteiger partial charge in [-0.25, -0.2) is 4.99 Å². The third-order valence-corrected chi connectivity index (χ3v) is 3.00. The van der Waals surface area contributed by atoms with Gasteiger partial charge in [0.15, 0.2) is 0 Å². The lowest BCUT2D eigenvalue weighted by atomic mass is 10.0. The number of aryl methyl sites for hydroxylation is 1. The van der Waals surface area contributed by atoms with Crippen molar-refractivity contribution in [2.75, 3.05) is 5.43 Å². The van der Waals surface area contributed by atoms with Gasteiger partial charge in [-0.3, -0.25) is 10.9 Å². The molecule has 0 radical (unpaired) electrons. The molecule has 2 N–H and O–H groups in total. The molecule has 0 aromatic heterocycles. The monoisotopic (exact) mass is 273 g/mol. The molecule has 1 aliphatic rings. The van der Waals surface area contributed by atoms with Gasteiger partial charge in [0.05, 0.1) is 11.4 Å². The van der Waals surface area contributed by atoms with Crippen molar-refractivity contribution in [1.82, 2.24) is 5.43 Å². The van der Waals surface area contributed by atoms with Crippen molar-refractivity contribution in [2.45, 2.75) is 12.8 Å². The number of aliphatic imine (C=N–C) groups is 1. The Hall–Kier alpha value is -2.00. The van der Waals surface area contributed by atoms with E-state index < -0.39 is 0 Å². The third-order valence-electron chi connectivity index (χ3n) is 3.00. The summed E-state index contributed by atoms with van der Waals surface area (Å²) in [6, 6.07) is 18.3. The van der Waals surface area contributed by atoms with Crippen LogP contribution >= 0.6 is 12.4 Å². The van der Waals surface area contributed by atoms with Crippen molar-refractivity contribution in [2.24, 2.45) is 4.99 Å². The van der Waals surface area contributed by atoms with Crippen LogP contribution in [0.4, 0.5) is 11.4 Å². The number of hydrogen-bond donors (Lipinski definition) is 2. The average molecular weight is 274 g/mol. The minimum absolute atomic E-state index is 0. The molecule has 98 valence electrons. The summed E-state index contributed by atoms with van der Waals surface area (Å²) in [7, 11) is 0. The largest absolute Gasteiger partial charge is 0.300 e. The van der Waals surface area contributed by atoms with Gasteiger partial charge in [-0.2, -0.15) is 0 Å². The lowest BCUT2D eigenvalue weighted by Crippen LogP contribution is -2.30. The number of rotatable bonds is 2. The van der Waals surface area contributed by atoms with Gasteiger partial charge in [-0.15, -0.1) is 12.4 Å². The molecular weight excluding hydrogens is 258 g/mol. The fourth-order valence-corrected chi connectivity index (χ4v) is 2.04. The van der Waals surface area contributed by atoms with Crippen LogP contribution in [0.3, 0.4) is 0 Å². The second-order valence-electron chi connectivity index (χ2n) is 4.30. The van der Waals surface area contributed by atoms with E-state index in [4.69, 9.17) is 0 Å². The topological polar surface area (TPSA) is 36.4 Å². The Bertz CT molecular complexity index is 567. The summed E-state index contributed by atoms with van der Waals surface area (Å²) in [6.45, 7) is 0. The highest BCUT2D eigenvalue weighted by atomic mass is 35.5. The number of hydrogen-bond acceptors (Lipinski definition) is 3. The van der Waals surface area contributed by atoms with E-state index in [0.717, 1.165) is 30.1 Å². The smallest absolute Gasteiger partial charge is 0.121 e. The Kier molecular flexibility index (Phi) is 4.42. The summed E-state index contributed by atoms with van der Waals surface area (Å²) in [6.07, 6.45) is 1.98. The number of fused-ring (bicyclic) bond motifs is 1. The summed E-state index contributed by atoms with van der Waals surface area (Å²) in [5, 5.41) is 0. The molecule has 0 atom stereocenters.